The van der Waals surface area contributed by atoms with E-state index in [1.54, 1.807) is 11.3 Å². The van der Waals surface area contributed by atoms with Crippen molar-refractivity contribution in [2.75, 3.05) is 26.2 Å². The molecular weight excluding hydrogens is 248 g/mol. The molecule has 0 aromatic carbocycles. The van der Waals surface area contributed by atoms with Crippen molar-refractivity contribution in [1.29, 1.82) is 0 Å². The predicted octanol–water partition coefficient (Wildman–Crippen LogP) is 2.02. The standard InChI is InChI=1S/C13H20N2O2S/c1-11-14-12(10-18-11)9-13(16)17-8-4-7-15-5-2-3-6-15/h10H,2-9H2,1H3. The first-order valence-electron chi connectivity index (χ1n) is 6.53. The highest BCUT2D eigenvalue weighted by Gasteiger charge is 2.11. The molecule has 0 saturated carbocycles. The van der Waals surface area contributed by atoms with E-state index in [0.29, 0.717) is 13.0 Å². The topological polar surface area (TPSA) is 42.4 Å². The van der Waals surface area contributed by atoms with Gasteiger partial charge in [-0.25, -0.2) is 4.98 Å². The molecule has 1 saturated heterocycles. The van der Waals surface area contributed by atoms with E-state index in [4.69, 9.17) is 4.74 Å². The predicted molar refractivity (Wildman–Crippen MR) is 71.8 cm³/mol. The van der Waals surface area contributed by atoms with Crippen molar-refractivity contribution >= 4 is 17.3 Å². The molecule has 0 amide bonds. The Hall–Kier alpha value is -0.940. The third-order valence-electron chi connectivity index (χ3n) is 3.07. The lowest BCUT2D eigenvalue weighted by atomic mass is 10.3. The second-order valence-corrected chi connectivity index (χ2v) is 5.72. The number of ether oxygens (including phenoxy) is 1. The first kappa shape index (κ1) is 13.5. The van der Waals surface area contributed by atoms with E-state index in [0.717, 1.165) is 23.7 Å². The minimum atomic E-state index is -0.165. The molecule has 100 valence electrons. The summed E-state index contributed by atoms with van der Waals surface area (Å²) in [5, 5.41) is 2.91. The summed E-state index contributed by atoms with van der Waals surface area (Å²) in [6.45, 7) is 5.91. The van der Waals surface area contributed by atoms with E-state index < -0.39 is 0 Å². The Balaban J connectivity index is 1.57. The SMILES string of the molecule is Cc1nc(CC(=O)OCCCN2CCCC2)cs1. The van der Waals surface area contributed by atoms with Crippen LogP contribution in [0.2, 0.25) is 0 Å². The second kappa shape index (κ2) is 6.85. The van der Waals surface area contributed by atoms with Gasteiger partial charge in [0.2, 0.25) is 0 Å². The number of nitrogens with zero attached hydrogens (tertiary/aromatic N) is 2. The Labute approximate surface area is 112 Å². The fourth-order valence-corrected chi connectivity index (χ4v) is 2.78. The summed E-state index contributed by atoms with van der Waals surface area (Å²) in [6, 6.07) is 0. The zero-order valence-electron chi connectivity index (χ0n) is 10.9. The summed E-state index contributed by atoms with van der Waals surface area (Å²) in [5.41, 5.74) is 0.821. The lowest BCUT2D eigenvalue weighted by Crippen LogP contribution is -2.22. The average molecular weight is 268 g/mol. The highest BCUT2D eigenvalue weighted by Crippen LogP contribution is 2.09. The van der Waals surface area contributed by atoms with Gasteiger partial charge in [-0.05, 0) is 39.3 Å². The average Bonchev–Trinajstić information content (AvgIpc) is 2.96. The monoisotopic (exact) mass is 268 g/mol. The lowest BCUT2D eigenvalue weighted by Gasteiger charge is -2.13. The lowest BCUT2D eigenvalue weighted by molar-refractivity contribution is -0.143. The van der Waals surface area contributed by atoms with Crippen molar-refractivity contribution in [3.05, 3.63) is 16.1 Å². The van der Waals surface area contributed by atoms with E-state index in [1.165, 1.54) is 25.9 Å². The molecule has 1 aliphatic heterocycles. The molecular formula is C13H20N2O2S. The number of thiazole rings is 1. The molecule has 2 heterocycles. The molecule has 0 spiro atoms. The van der Waals surface area contributed by atoms with Crippen LogP contribution in [0.3, 0.4) is 0 Å². The van der Waals surface area contributed by atoms with Gasteiger partial charge < -0.3 is 9.64 Å². The van der Waals surface area contributed by atoms with Gasteiger partial charge in [-0.1, -0.05) is 0 Å². The van der Waals surface area contributed by atoms with Crippen LogP contribution in [0.25, 0.3) is 0 Å². The smallest absolute Gasteiger partial charge is 0.311 e. The number of rotatable bonds is 6. The van der Waals surface area contributed by atoms with Crippen molar-refractivity contribution in [2.24, 2.45) is 0 Å². The van der Waals surface area contributed by atoms with Crippen LogP contribution in [-0.2, 0) is 16.0 Å². The summed E-state index contributed by atoms with van der Waals surface area (Å²) in [6.07, 6.45) is 3.85. The second-order valence-electron chi connectivity index (χ2n) is 4.66. The van der Waals surface area contributed by atoms with Gasteiger partial charge >= 0.3 is 5.97 Å². The maximum absolute atomic E-state index is 11.5. The molecule has 0 aliphatic carbocycles. The van der Waals surface area contributed by atoms with Crippen LogP contribution >= 0.6 is 11.3 Å². The van der Waals surface area contributed by atoms with Crippen molar-refractivity contribution in [1.82, 2.24) is 9.88 Å². The molecule has 0 unspecified atom stereocenters. The van der Waals surface area contributed by atoms with Gasteiger partial charge in [0.1, 0.15) is 0 Å². The molecule has 1 fully saturated rings. The van der Waals surface area contributed by atoms with Crippen molar-refractivity contribution in [2.45, 2.75) is 32.6 Å². The Morgan fingerprint density at radius 2 is 2.28 bits per heavy atom. The van der Waals surface area contributed by atoms with Crippen LogP contribution in [0.1, 0.15) is 30.0 Å². The molecule has 0 bridgehead atoms. The van der Waals surface area contributed by atoms with Crippen LogP contribution in [0.15, 0.2) is 5.38 Å². The number of carbonyl (C=O) groups excluding carboxylic acids is 1. The molecule has 1 aliphatic rings. The maximum atomic E-state index is 11.5. The zero-order valence-corrected chi connectivity index (χ0v) is 11.7. The largest absolute Gasteiger partial charge is 0.465 e. The Kier molecular flexibility index (Phi) is 5.13. The first-order valence-corrected chi connectivity index (χ1v) is 7.41. The van der Waals surface area contributed by atoms with Crippen molar-refractivity contribution in [3.8, 4) is 0 Å². The van der Waals surface area contributed by atoms with E-state index in [9.17, 15) is 4.79 Å². The fourth-order valence-electron chi connectivity index (χ4n) is 2.17. The normalized spacial score (nSPS) is 16.1. The van der Waals surface area contributed by atoms with E-state index in [2.05, 4.69) is 9.88 Å². The zero-order chi connectivity index (χ0) is 12.8. The number of likely N-dealkylation sites (tertiary alicyclic amines) is 1. The van der Waals surface area contributed by atoms with Gasteiger partial charge in [0.25, 0.3) is 0 Å². The number of aromatic nitrogens is 1. The van der Waals surface area contributed by atoms with Gasteiger partial charge in [-0.3, -0.25) is 4.79 Å². The van der Waals surface area contributed by atoms with Crippen molar-refractivity contribution in [3.63, 3.8) is 0 Å². The van der Waals surface area contributed by atoms with Gasteiger partial charge in [0, 0.05) is 11.9 Å². The van der Waals surface area contributed by atoms with E-state index in [-0.39, 0.29) is 5.97 Å². The van der Waals surface area contributed by atoms with Gasteiger partial charge in [-0.2, -0.15) is 0 Å². The molecule has 1 aromatic rings. The summed E-state index contributed by atoms with van der Waals surface area (Å²) in [5.74, 6) is -0.165. The van der Waals surface area contributed by atoms with Crippen LogP contribution in [-0.4, -0.2) is 42.1 Å². The molecule has 0 atom stereocenters. The van der Waals surface area contributed by atoms with Crippen LogP contribution in [0.4, 0.5) is 0 Å². The molecule has 0 radical (unpaired) electrons. The third kappa shape index (κ3) is 4.38. The number of carbonyl (C=O) groups is 1. The van der Waals surface area contributed by atoms with E-state index in [1.807, 2.05) is 12.3 Å². The summed E-state index contributed by atoms with van der Waals surface area (Å²) in [4.78, 5) is 18.2. The van der Waals surface area contributed by atoms with Gasteiger partial charge in [0.15, 0.2) is 0 Å². The van der Waals surface area contributed by atoms with Crippen LogP contribution < -0.4 is 0 Å². The molecule has 18 heavy (non-hydrogen) atoms. The Morgan fingerprint density at radius 1 is 1.50 bits per heavy atom. The number of hydrogen-bond acceptors (Lipinski definition) is 5. The summed E-state index contributed by atoms with van der Waals surface area (Å²) in [7, 11) is 0. The summed E-state index contributed by atoms with van der Waals surface area (Å²) >= 11 is 1.57. The fraction of sp³-hybridized carbons (Fsp3) is 0.692. The van der Waals surface area contributed by atoms with Crippen LogP contribution in [0, 0.1) is 6.92 Å². The first-order chi connectivity index (χ1) is 8.74. The van der Waals surface area contributed by atoms with Gasteiger partial charge in [0.05, 0.1) is 23.7 Å². The van der Waals surface area contributed by atoms with Crippen molar-refractivity contribution < 1.29 is 9.53 Å². The maximum Gasteiger partial charge on any atom is 0.311 e. The minimum absolute atomic E-state index is 0.165. The highest BCUT2D eigenvalue weighted by molar-refractivity contribution is 7.09. The third-order valence-corrected chi connectivity index (χ3v) is 3.89. The minimum Gasteiger partial charge on any atom is -0.465 e. The quantitative estimate of drug-likeness (QED) is 0.585. The Morgan fingerprint density at radius 3 is 2.94 bits per heavy atom. The van der Waals surface area contributed by atoms with Crippen LogP contribution in [0.5, 0.6) is 0 Å². The number of aryl methyl sites for hydroxylation is 1. The number of hydrogen-bond donors (Lipinski definition) is 0. The highest BCUT2D eigenvalue weighted by atomic mass is 32.1. The molecule has 5 heteroatoms. The molecule has 4 nitrogen and oxygen atoms in total. The molecule has 0 N–H and O–H groups in total. The number of esters is 1. The Bertz CT molecular complexity index is 386. The van der Waals surface area contributed by atoms with E-state index >= 15 is 0 Å². The molecule has 1 aromatic heterocycles. The molecule has 2 rings (SSSR count). The van der Waals surface area contributed by atoms with Gasteiger partial charge in [-0.15, -0.1) is 11.3 Å². The summed E-state index contributed by atoms with van der Waals surface area (Å²) < 4.78 is 5.21.